The van der Waals surface area contributed by atoms with Gasteiger partial charge in [-0.3, -0.25) is 4.68 Å². The van der Waals surface area contributed by atoms with Crippen LogP contribution in [0.5, 0.6) is 5.75 Å². The van der Waals surface area contributed by atoms with Crippen molar-refractivity contribution in [1.82, 2.24) is 19.7 Å². The Bertz CT molecular complexity index is 882. The molecule has 0 aliphatic rings. The fraction of sp³-hybridized carbons (Fsp3) is 0.312. The van der Waals surface area contributed by atoms with Gasteiger partial charge in [-0.15, -0.1) is 0 Å². The summed E-state index contributed by atoms with van der Waals surface area (Å²) >= 11 is 0. The third-order valence-electron chi connectivity index (χ3n) is 3.84. The van der Waals surface area contributed by atoms with Gasteiger partial charge in [-0.05, 0) is 12.5 Å². The number of rotatable bonds is 6. The van der Waals surface area contributed by atoms with Crippen LogP contribution >= 0.6 is 0 Å². The quantitative estimate of drug-likeness (QED) is 0.711. The maximum atomic E-state index is 12.6. The van der Waals surface area contributed by atoms with E-state index in [0.29, 0.717) is 34.8 Å². The SMILES string of the molecule is CCC(Nc1nc(N)c2cnn(C)c2n1)c1ccccc1OC(F)F. The number of alkyl halides is 2. The van der Waals surface area contributed by atoms with Crippen molar-refractivity contribution in [3.8, 4) is 5.75 Å². The molecular weight excluding hydrogens is 330 g/mol. The second-order valence-corrected chi connectivity index (χ2v) is 5.46. The standard InChI is InChI=1S/C16H18F2N6O/c1-3-11(9-6-4-5-7-12(9)25-15(17)18)21-16-22-13(19)10-8-20-24(2)14(10)23-16/h4-8,11,15H,3H2,1-2H3,(H3,19,21,22,23). The summed E-state index contributed by atoms with van der Waals surface area (Å²) in [4.78, 5) is 8.64. The number of ether oxygens (including phenoxy) is 1. The molecule has 0 amide bonds. The molecule has 1 atom stereocenters. The average Bonchev–Trinajstić information content (AvgIpc) is 2.95. The van der Waals surface area contributed by atoms with Crippen LogP contribution in [0.25, 0.3) is 11.0 Å². The molecule has 0 spiro atoms. The first-order chi connectivity index (χ1) is 12.0. The van der Waals surface area contributed by atoms with Gasteiger partial charge in [-0.2, -0.15) is 23.8 Å². The maximum absolute atomic E-state index is 12.6. The average molecular weight is 348 g/mol. The number of hydrogen-bond donors (Lipinski definition) is 2. The van der Waals surface area contributed by atoms with Crippen molar-refractivity contribution >= 4 is 22.8 Å². The predicted octanol–water partition coefficient (Wildman–Crippen LogP) is 3.11. The Morgan fingerprint density at radius 2 is 2.04 bits per heavy atom. The summed E-state index contributed by atoms with van der Waals surface area (Å²) in [5, 5.41) is 7.90. The van der Waals surface area contributed by atoms with Crippen molar-refractivity contribution in [2.24, 2.45) is 7.05 Å². The van der Waals surface area contributed by atoms with E-state index in [0.717, 1.165) is 0 Å². The van der Waals surface area contributed by atoms with Gasteiger partial charge >= 0.3 is 6.61 Å². The first-order valence-electron chi connectivity index (χ1n) is 7.75. The summed E-state index contributed by atoms with van der Waals surface area (Å²) in [6, 6.07) is 6.32. The molecule has 7 nitrogen and oxygen atoms in total. The Morgan fingerprint density at radius 1 is 1.28 bits per heavy atom. The van der Waals surface area contributed by atoms with Crippen molar-refractivity contribution in [2.45, 2.75) is 26.0 Å². The molecule has 9 heteroatoms. The van der Waals surface area contributed by atoms with E-state index in [2.05, 4.69) is 25.1 Å². The highest BCUT2D eigenvalue weighted by Gasteiger charge is 2.19. The topological polar surface area (TPSA) is 90.9 Å². The van der Waals surface area contributed by atoms with Crippen molar-refractivity contribution < 1.29 is 13.5 Å². The molecule has 0 bridgehead atoms. The van der Waals surface area contributed by atoms with Crippen LogP contribution in [-0.4, -0.2) is 26.4 Å². The number of nitrogens with zero attached hydrogens (tertiary/aromatic N) is 4. The van der Waals surface area contributed by atoms with E-state index in [1.165, 1.54) is 6.07 Å². The zero-order valence-electron chi connectivity index (χ0n) is 13.8. The number of aromatic nitrogens is 4. The van der Waals surface area contributed by atoms with E-state index in [1.807, 2.05) is 6.92 Å². The van der Waals surface area contributed by atoms with Gasteiger partial charge in [0.25, 0.3) is 0 Å². The third kappa shape index (κ3) is 3.44. The van der Waals surface area contributed by atoms with E-state index in [9.17, 15) is 8.78 Å². The molecule has 3 rings (SSSR count). The molecule has 0 saturated carbocycles. The lowest BCUT2D eigenvalue weighted by atomic mass is 10.0. The number of halogens is 2. The lowest BCUT2D eigenvalue weighted by Gasteiger charge is -2.20. The number of nitrogens with one attached hydrogen (secondary N) is 1. The molecule has 0 saturated heterocycles. The lowest BCUT2D eigenvalue weighted by Crippen LogP contribution is -2.15. The van der Waals surface area contributed by atoms with Gasteiger partial charge in [0.1, 0.15) is 11.6 Å². The summed E-state index contributed by atoms with van der Waals surface area (Å²) in [5.74, 6) is 0.714. The Morgan fingerprint density at radius 3 is 2.76 bits per heavy atom. The normalized spacial score (nSPS) is 12.5. The van der Waals surface area contributed by atoms with Gasteiger partial charge < -0.3 is 15.8 Å². The number of benzene rings is 1. The van der Waals surface area contributed by atoms with Gasteiger partial charge in [-0.1, -0.05) is 25.1 Å². The first-order valence-corrected chi connectivity index (χ1v) is 7.75. The van der Waals surface area contributed by atoms with Gasteiger partial charge in [0.05, 0.1) is 17.6 Å². The second-order valence-electron chi connectivity index (χ2n) is 5.46. The van der Waals surface area contributed by atoms with E-state index in [4.69, 9.17) is 5.73 Å². The molecule has 3 N–H and O–H groups in total. The largest absolute Gasteiger partial charge is 0.434 e. The molecule has 2 heterocycles. The van der Waals surface area contributed by atoms with Crippen LogP contribution in [-0.2, 0) is 7.05 Å². The molecule has 0 fully saturated rings. The number of aryl methyl sites for hydroxylation is 1. The van der Waals surface area contributed by atoms with Crippen LogP contribution in [0.15, 0.2) is 30.5 Å². The van der Waals surface area contributed by atoms with Crippen LogP contribution in [0.3, 0.4) is 0 Å². The fourth-order valence-corrected chi connectivity index (χ4v) is 2.64. The van der Waals surface area contributed by atoms with E-state index in [-0.39, 0.29) is 11.8 Å². The minimum atomic E-state index is -2.89. The summed E-state index contributed by atoms with van der Waals surface area (Å²) < 4.78 is 31.5. The van der Waals surface area contributed by atoms with Crippen LogP contribution in [0.4, 0.5) is 20.5 Å². The number of fused-ring (bicyclic) bond motifs is 1. The summed E-state index contributed by atoms with van der Waals surface area (Å²) in [7, 11) is 1.75. The Hall–Kier alpha value is -2.97. The number of para-hydroxylation sites is 1. The Balaban J connectivity index is 1.94. The lowest BCUT2D eigenvalue weighted by molar-refractivity contribution is -0.0505. The third-order valence-corrected chi connectivity index (χ3v) is 3.84. The van der Waals surface area contributed by atoms with Gasteiger partial charge in [-0.25, -0.2) is 0 Å². The smallest absolute Gasteiger partial charge is 0.387 e. The number of hydrogen-bond acceptors (Lipinski definition) is 6. The fourth-order valence-electron chi connectivity index (χ4n) is 2.64. The highest BCUT2D eigenvalue weighted by atomic mass is 19.3. The number of anilines is 2. The van der Waals surface area contributed by atoms with Gasteiger partial charge in [0, 0.05) is 12.6 Å². The number of nitrogens with two attached hydrogens (primary N) is 1. The highest BCUT2D eigenvalue weighted by molar-refractivity contribution is 5.86. The molecule has 132 valence electrons. The molecule has 0 aliphatic carbocycles. The zero-order valence-corrected chi connectivity index (χ0v) is 13.8. The molecule has 3 aromatic rings. The van der Waals surface area contributed by atoms with Gasteiger partial charge in [0.15, 0.2) is 5.65 Å². The molecule has 25 heavy (non-hydrogen) atoms. The van der Waals surface area contributed by atoms with Crippen molar-refractivity contribution in [2.75, 3.05) is 11.1 Å². The van der Waals surface area contributed by atoms with Crippen LogP contribution in [0.2, 0.25) is 0 Å². The van der Waals surface area contributed by atoms with E-state index >= 15 is 0 Å². The van der Waals surface area contributed by atoms with Crippen molar-refractivity contribution in [1.29, 1.82) is 0 Å². The summed E-state index contributed by atoms with van der Waals surface area (Å²) in [6.45, 7) is -0.973. The monoisotopic (exact) mass is 348 g/mol. The van der Waals surface area contributed by atoms with E-state index in [1.54, 1.807) is 36.1 Å². The molecular formula is C16H18F2N6O. The van der Waals surface area contributed by atoms with Gasteiger partial charge in [0.2, 0.25) is 5.95 Å². The molecule has 0 aliphatic heterocycles. The first kappa shape index (κ1) is 16.9. The molecule has 0 radical (unpaired) electrons. The van der Waals surface area contributed by atoms with Crippen LogP contribution in [0, 0.1) is 0 Å². The molecule has 1 unspecified atom stereocenters. The van der Waals surface area contributed by atoms with Crippen LogP contribution in [0.1, 0.15) is 24.9 Å². The second kappa shape index (κ2) is 6.88. The molecule has 1 aromatic carbocycles. The maximum Gasteiger partial charge on any atom is 0.387 e. The van der Waals surface area contributed by atoms with E-state index < -0.39 is 6.61 Å². The summed E-state index contributed by atoms with van der Waals surface area (Å²) in [6.07, 6.45) is 2.20. The minimum absolute atomic E-state index is 0.117. The zero-order chi connectivity index (χ0) is 18.0. The predicted molar refractivity (Wildman–Crippen MR) is 90.4 cm³/mol. The number of nitrogen functional groups attached to an aromatic ring is 1. The highest BCUT2D eigenvalue weighted by Crippen LogP contribution is 2.31. The van der Waals surface area contributed by atoms with Crippen molar-refractivity contribution in [3.63, 3.8) is 0 Å². The van der Waals surface area contributed by atoms with Crippen molar-refractivity contribution in [3.05, 3.63) is 36.0 Å². The Kier molecular flexibility index (Phi) is 4.64. The van der Waals surface area contributed by atoms with Crippen LogP contribution < -0.4 is 15.8 Å². The minimum Gasteiger partial charge on any atom is -0.434 e. The Labute approximate surface area is 142 Å². The molecule has 2 aromatic heterocycles. The summed E-state index contributed by atoms with van der Waals surface area (Å²) in [5.41, 5.74) is 7.13.